The fourth-order valence-corrected chi connectivity index (χ4v) is 4.59. The van der Waals surface area contributed by atoms with Gasteiger partial charge in [-0.05, 0) is 31.2 Å². The molecule has 0 radical (unpaired) electrons. The minimum Gasteiger partial charge on any atom is -0.480 e. The van der Waals surface area contributed by atoms with Crippen molar-refractivity contribution >= 4 is 41.5 Å². The molecule has 0 unspecified atom stereocenters. The van der Waals surface area contributed by atoms with Crippen molar-refractivity contribution in [2.45, 2.75) is 56.3 Å². The quantitative estimate of drug-likeness (QED) is 0.110. The Morgan fingerprint density at radius 3 is 2.40 bits per heavy atom. The lowest BCUT2D eigenvalue weighted by atomic mass is 10.0. The molecular formula is C25H34N8O7. The molecule has 0 saturated carbocycles. The van der Waals surface area contributed by atoms with Crippen LogP contribution in [-0.2, 0) is 28.8 Å². The summed E-state index contributed by atoms with van der Waals surface area (Å²) in [6.45, 7) is -0.0857. The molecule has 0 aromatic heterocycles. The molecule has 40 heavy (non-hydrogen) atoms. The standard InChI is InChI=1S/C25H34N8O7/c26-25(27)28-10-4-8-15-23(38)33-11-5-9-17(33)21(36)32-20(14-6-2-1-3-7-14)22(37)31-16(24(39)40)12-18(34)29-13-19(35)30-15/h1-3,6-7,15-17,20H,4-5,8-13H2,(H,29,34)(H,30,35)(H,31,37)(H,32,36)(H,39,40)(H4,26,27,28)/t15-,16-,17+,20+/m0/s1. The Bertz CT molecular complexity index is 1160. The van der Waals surface area contributed by atoms with Crippen LogP contribution in [0.5, 0.6) is 0 Å². The van der Waals surface area contributed by atoms with Gasteiger partial charge < -0.3 is 42.7 Å². The topological polar surface area (TPSA) is 238 Å². The van der Waals surface area contributed by atoms with Crippen molar-refractivity contribution in [1.82, 2.24) is 26.2 Å². The molecule has 5 amide bonds. The van der Waals surface area contributed by atoms with Crippen LogP contribution in [0.15, 0.2) is 35.3 Å². The third-order valence-corrected chi connectivity index (χ3v) is 6.55. The van der Waals surface area contributed by atoms with E-state index < -0.39 is 72.6 Å². The number of amides is 5. The molecule has 15 nitrogen and oxygen atoms in total. The first-order chi connectivity index (χ1) is 19.1. The summed E-state index contributed by atoms with van der Waals surface area (Å²) < 4.78 is 0. The highest BCUT2D eigenvalue weighted by molar-refractivity contribution is 5.97. The van der Waals surface area contributed by atoms with Gasteiger partial charge >= 0.3 is 5.97 Å². The third-order valence-electron chi connectivity index (χ3n) is 6.55. The van der Waals surface area contributed by atoms with Gasteiger partial charge in [-0.1, -0.05) is 30.3 Å². The monoisotopic (exact) mass is 558 g/mol. The zero-order valence-electron chi connectivity index (χ0n) is 21.8. The Morgan fingerprint density at radius 2 is 1.73 bits per heavy atom. The molecule has 216 valence electrons. The summed E-state index contributed by atoms with van der Waals surface area (Å²) in [5.41, 5.74) is 11.1. The number of carbonyl (C=O) groups is 6. The van der Waals surface area contributed by atoms with E-state index in [0.29, 0.717) is 24.8 Å². The first kappa shape index (κ1) is 29.9. The van der Waals surface area contributed by atoms with Crippen molar-refractivity contribution in [2.75, 3.05) is 19.6 Å². The molecule has 0 bridgehead atoms. The zero-order valence-corrected chi connectivity index (χ0v) is 21.8. The molecule has 2 aliphatic heterocycles. The predicted octanol–water partition coefficient (Wildman–Crippen LogP) is -2.54. The van der Waals surface area contributed by atoms with Crippen LogP contribution in [0.3, 0.4) is 0 Å². The molecule has 9 N–H and O–H groups in total. The summed E-state index contributed by atoms with van der Waals surface area (Å²) in [7, 11) is 0. The van der Waals surface area contributed by atoms with Crippen LogP contribution in [0.25, 0.3) is 0 Å². The number of carboxylic acids is 1. The van der Waals surface area contributed by atoms with Gasteiger partial charge in [-0.2, -0.15) is 0 Å². The van der Waals surface area contributed by atoms with Crippen LogP contribution in [0.2, 0.25) is 0 Å². The van der Waals surface area contributed by atoms with Crippen molar-refractivity contribution in [1.29, 1.82) is 0 Å². The number of hydrogen-bond donors (Lipinski definition) is 7. The van der Waals surface area contributed by atoms with Gasteiger partial charge in [-0.3, -0.25) is 29.0 Å². The molecule has 3 rings (SSSR count). The van der Waals surface area contributed by atoms with E-state index in [1.165, 1.54) is 4.90 Å². The van der Waals surface area contributed by atoms with Crippen molar-refractivity contribution < 1.29 is 33.9 Å². The smallest absolute Gasteiger partial charge is 0.326 e. The summed E-state index contributed by atoms with van der Waals surface area (Å²) in [5.74, 6) is -5.06. The van der Waals surface area contributed by atoms with Crippen LogP contribution in [0.1, 0.15) is 43.7 Å². The Hall–Kier alpha value is -4.69. The normalized spacial score (nSPS) is 24.7. The Morgan fingerprint density at radius 1 is 1.00 bits per heavy atom. The second kappa shape index (κ2) is 13.9. The number of rotatable bonds is 6. The number of nitrogens with zero attached hydrogens (tertiary/aromatic N) is 2. The van der Waals surface area contributed by atoms with Gasteiger partial charge in [0.15, 0.2) is 5.96 Å². The van der Waals surface area contributed by atoms with E-state index in [-0.39, 0.29) is 25.5 Å². The summed E-state index contributed by atoms with van der Waals surface area (Å²) in [6, 6.07) is 3.30. The van der Waals surface area contributed by atoms with Crippen LogP contribution < -0.4 is 32.7 Å². The minimum atomic E-state index is -1.63. The Labute approximate surface area is 230 Å². The van der Waals surface area contributed by atoms with Crippen molar-refractivity contribution in [3.05, 3.63) is 35.9 Å². The molecule has 1 aromatic rings. The van der Waals surface area contributed by atoms with E-state index in [0.717, 1.165) is 0 Å². The van der Waals surface area contributed by atoms with E-state index in [1.807, 2.05) is 0 Å². The Balaban J connectivity index is 1.93. The number of aliphatic carboxylic acids is 1. The van der Waals surface area contributed by atoms with Gasteiger partial charge in [-0.15, -0.1) is 0 Å². The number of hydrogen-bond acceptors (Lipinski definition) is 7. The lowest BCUT2D eigenvalue weighted by Gasteiger charge is -2.30. The fraction of sp³-hybridized carbons (Fsp3) is 0.480. The number of carbonyl (C=O) groups excluding carboxylic acids is 5. The van der Waals surface area contributed by atoms with Crippen LogP contribution in [0, 0.1) is 0 Å². The number of fused-ring (bicyclic) bond motifs is 1. The molecule has 4 atom stereocenters. The number of benzene rings is 1. The highest BCUT2D eigenvalue weighted by Gasteiger charge is 2.39. The fourth-order valence-electron chi connectivity index (χ4n) is 4.59. The largest absolute Gasteiger partial charge is 0.480 e. The van der Waals surface area contributed by atoms with E-state index in [2.05, 4.69) is 26.3 Å². The second-order valence-corrected chi connectivity index (χ2v) is 9.49. The SMILES string of the molecule is NC(N)=NCCC[C@@H]1NC(=O)CNC(=O)C[C@@H](C(=O)O)NC(=O)[C@@H](c2ccccc2)NC(=O)[C@H]2CCCN2C1=O. The van der Waals surface area contributed by atoms with Crippen LogP contribution >= 0.6 is 0 Å². The molecule has 0 aliphatic carbocycles. The molecule has 2 heterocycles. The van der Waals surface area contributed by atoms with E-state index in [9.17, 15) is 33.9 Å². The van der Waals surface area contributed by atoms with Gasteiger partial charge in [0.1, 0.15) is 24.2 Å². The van der Waals surface area contributed by atoms with Crippen molar-refractivity contribution in [3.8, 4) is 0 Å². The maximum atomic E-state index is 13.6. The van der Waals surface area contributed by atoms with E-state index in [1.54, 1.807) is 30.3 Å². The number of nitrogens with one attached hydrogen (secondary N) is 4. The molecule has 2 saturated heterocycles. The summed E-state index contributed by atoms with van der Waals surface area (Å²) in [6.07, 6.45) is 0.653. The van der Waals surface area contributed by atoms with Crippen LogP contribution in [0.4, 0.5) is 0 Å². The third kappa shape index (κ3) is 8.15. The summed E-state index contributed by atoms with van der Waals surface area (Å²) in [4.78, 5) is 82.3. The first-order valence-corrected chi connectivity index (χ1v) is 12.9. The average Bonchev–Trinajstić information content (AvgIpc) is 3.41. The molecule has 0 spiro atoms. The maximum absolute atomic E-state index is 13.6. The lowest BCUT2D eigenvalue weighted by Crippen LogP contribution is -2.56. The number of nitrogens with two attached hydrogens (primary N) is 2. The minimum absolute atomic E-state index is 0.121. The first-order valence-electron chi connectivity index (χ1n) is 12.9. The van der Waals surface area contributed by atoms with E-state index >= 15 is 0 Å². The highest BCUT2D eigenvalue weighted by atomic mass is 16.4. The lowest BCUT2D eigenvalue weighted by molar-refractivity contribution is -0.145. The van der Waals surface area contributed by atoms with Crippen molar-refractivity contribution in [2.24, 2.45) is 16.5 Å². The zero-order chi connectivity index (χ0) is 29.2. The van der Waals surface area contributed by atoms with Crippen LogP contribution in [-0.4, -0.2) is 89.2 Å². The van der Waals surface area contributed by atoms with Gasteiger partial charge in [0.2, 0.25) is 29.5 Å². The second-order valence-electron chi connectivity index (χ2n) is 9.49. The number of carboxylic acid groups (broad SMARTS) is 1. The van der Waals surface area contributed by atoms with Gasteiger partial charge in [0, 0.05) is 13.1 Å². The summed E-state index contributed by atoms with van der Waals surface area (Å²) >= 11 is 0. The average molecular weight is 559 g/mol. The molecular weight excluding hydrogens is 524 g/mol. The van der Waals surface area contributed by atoms with Gasteiger partial charge in [-0.25, -0.2) is 4.79 Å². The van der Waals surface area contributed by atoms with Gasteiger partial charge in [0.25, 0.3) is 0 Å². The number of aliphatic imine (C=N–C) groups is 1. The number of guanidine groups is 1. The highest BCUT2D eigenvalue weighted by Crippen LogP contribution is 2.22. The molecule has 2 aliphatic rings. The van der Waals surface area contributed by atoms with Crippen molar-refractivity contribution in [3.63, 3.8) is 0 Å². The molecule has 2 fully saturated rings. The maximum Gasteiger partial charge on any atom is 0.326 e. The van der Waals surface area contributed by atoms with E-state index in [4.69, 9.17) is 11.5 Å². The molecule has 1 aromatic carbocycles. The molecule has 15 heteroatoms. The van der Waals surface area contributed by atoms with Gasteiger partial charge in [0.05, 0.1) is 13.0 Å². The Kier molecular flexibility index (Phi) is 10.4. The summed E-state index contributed by atoms with van der Waals surface area (Å²) in [5, 5.41) is 19.5. The predicted molar refractivity (Wildman–Crippen MR) is 141 cm³/mol.